The van der Waals surface area contributed by atoms with Crippen LogP contribution in [0.25, 0.3) is 10.9 Å². The van der Waals surface area contributed by atoms with Crippen LogP contribution in [-0.2, 0) is 11.2 Å². The number of rotatable bonds is 2. The smallest absolute Gasteiger partial charge is 0.114 e. The summed E-state index contributed by atoms with van der Waals surface area (Å²) >= 11 is 0. The lowest BCUT2D eigenvalue weighted by molar-refractivity contribution is -0.241. The maximum absolute atomic E-state index is 7.52. The molecule has 43 heavy (non-hydrogen) atoms. The lowest BCUT2D eigenvalue weighted by Gasteiger charge is -2.64. The zero-order valence-corrected chi connectivity index (χ0v) is 26.4. The largest absolute Gasteiger partial charge is 0.362 e. The predicted molar refractivity (Wildman–Crippen MR) is 171 cm³/mol. The van der Waals surface area contributed by atoms with Gasteiger partial charge in [0.1, 0.15) is 6.23 Å². The number of hydrogen-bond acceptors (Lipinski definition) is 3. The first-order valence-corrected chi connectivity index (χ1v) is 18.6. The highest BCUT2D eigenvalue weighted by Crippen LogP contribution is 2.70. The van der Waals surface area contributed by atoms with Crippen LogP contribution in [0.1, 0.15) is 88.8 Å². The van der Waals surface area contributed by atoms with Crippen molar-refractivity contribution in [1.29, 1.82) is 0 Å². The van der Waals surface area contributed by atoms with Crippen molar-refractivity contribution in [2.24, 2.45) is 52.8 Å². The molecule has 14 atom stereocenters. The minimum absolute atomic E-state index is 0.333. The molecular formula is C39H51N3O. The third-order valence-corrected chi connectivity index (χ3v) is 16.2. The summed E-state index contributed by atoms with van der Waals surface area (Å²) in [5.74, 6) is 7.02. The quantitative estimate of drug-likeness (QED) is 0.379. The number of para-hydroxylation sites is 1. The second-order valence-corrected chi connectivity index (χ2v) is 16.9. The van der Waals surface area contributed by atoms with Gasteiger partial charge in [-0.2, -0.15) is 0 Å². The van der Waals surface area contributed by atoms with Crippen LogP contribution in [0.3, 0.4) is 0 Å². The molecule has 1 aromatic carbocycles. The van der Waals surface area contributed by atoms with E-state index in [2.05, 4.69) is 59.0 Å². The summed E-state index contributed by atoms with van der Waals surface area (Å²) < 4.78 is 7.52. The molecule has 9 fully saturated rings. The van der Waals surface area contributed by atoms with Crippen molar-refractivity contribution < 1.29 is 4.74 Å². The molecule has 5 saturated carbocycles. The van der Waals surface area contributed by atoms with E-state index in [1.165, 1.54) is 88.2 Å². The second-order valence-electron chi connectivity index (χ2n) is 16.9. The van der Waals surface area contributed by atoms with E-state index in [-0.39, 0.29) is 0 Å². The first kappa shape index (κ1) is 25.6. The molecule has 1 aromatic heterocycles. The van der Waals surface area contributed by atoms with E-state index in [1.807, 2.05) is 0 Å². The van der Waals surface area contributed by atoms with Gasteiger partial charge >= 0.3 is 0 Å². The van der Waals surface area contributed by atoms with Gasteiger partial charge in [0.2, 0.25) is 0 Å². The van der Waals surface area contributed by atoms with Gasteiger partial charge in [-0.1, -0.05) is 56.0 Å². The predicted octanol–water partition coefficient (Wildman–Crippen LogP) is 7.36. The monoisotopic (exact) mass is 577 g/mol. The highest BCUT2D eigenvalue weighted by atomic mass is 16.5. The normalized spacial score (nSPS) is 52.0. The molecule has 228 valence electrons. The Balaban J connectivity index is 1.05. The number of hydrogen-bond donors (Lipinski definition) is 1. The molecule has 5 heterocycles. The van der Waals surface area contributed by atoms with Crippen molar-refractivity contribution in [3.05, 3.63) is 47.2 Å². The molecule has 4 nitrogen and oxygen atoms in total. The van der Waals surface area contributed by atoms with E-state index in [0.717, 1.165) is 60.2 Å². The van der Waals surface area contributed by atoms with Gasteiger partial charge in [0.25, 0.3) is 0 Å². The summed E-state index contributed by atoms with van der Waals surface area (Å²) in [4.78, 5) is 10.2. The third kappa shape index (κ3) is 2.98. The first-order chi connectivity index (χ1) is 21.2. The topological polar surface area (TPSA) is 31.5 Å². The molecule has 4 saturated heterocycles. The van der Waals surface area contributed by atoms with Crippen molar-refractivity contribution in [2.75, 3.05) is 19.7 Å². The maximum Gasteiger partial charge on any atom is 0.114 e. The Morgan fingerprint density at radius 3 is 2.84 bits per heavy atom. The lowest BCUT2D eigenvalue weighted by atomic mass is 9.48. The van der Waals surface area contributed by atoms with E-state index in [0.29, 0.717) is 29.4 Å². The maximum atomic E-state index is 7.52. The minimum atomic E-state index is 0.333. The van der Waals surface area contributed by atoms with Crippen LogP contribution in [-0.4, -0.2) is 58.8 Å². The number of allylic oxidation sites excluding steroid dienone is 2. The van der Waals surface area contributed by atoms with Crippen LogP contribution in [0.5, 0.6) is 0 Å². The zero-order chi connectivity index (χ0) is 28.2. The molecule has 2 aromatic rings. The molecule has 4 aliphatic heterocycles. The van der Waals surface area contributed by atoms with Gasteiger partial charge in [-0.05, 0) is 106 Å². The standard InChI is InChI=1S/C39H51N3O/c1-3-21-15-26-27-17-28-23-9-5-7-11-32(23)40-36(28)29(26)16-25(21)35(27)38-42-33-12-8-6-10-31(33)39-13-14-41-19-22(4-2)24(18-34(39)41)30(20-43-38)37(39)42/h3,5,7,9,11,22,24-27,29-31,33-35,37-38,40H,4,6,8,10,12-20H2,1-2H3. The van der Waals surface area contributed by atoms with Crippen molar-refractivity contribution in [3.63, 3.8) is 0 Å². The summed E-state index contributed by atoms with van der Waals surface area (Å²) in [6.07, 6.45) is 16.9. The molecule has 1 spiro atoms. The number of nitrogens with one attached hydrogen (secondary N) is 1. The minimum Gasteiger partial charge on any atom is -0.362 e. The number of aromatic nitrogens is 1. The fourth-order valence-electron chi connectivity index (χ4n) is 15.0. The number of piperidine rings is 1. The first-order valence-electron chi connectivity index (χ1n) is 18.6. The van der Waals surface area contributed by atoms with Crippen LogP contribution < -0.4 is 0 Å². The van der Waals surface area contributed by atoms with Crippen LogP contribution in [0.4, 0.5) is 0 Å². The number of H-pyrrole nitrogens is 1. The molecule has 10 aliphatic rings. The van der Waals surface area contributed by atoms with Gasteiger partial charge in [0.15, 0.2) is 0 Å². The molecule has 0 amide bonds. The average Bonchev–Trinajstić information content (AvgIpc) is 3.73. The third-order valence-electron chi connectivity index (χ3n) is 16.2. The van der Waals surface area contributed by atoms with Crippen molar-refractivity contribution >= 4 is 10.9 Å². The van der Waals surface area contributed by atoms with Gasteiger partial charge in [-0.15, -0.1) is 0 Å². The molecule has 6 aliphatic carbocycles. The average molecular weight is 578 g/mol. The van der Waals surface area contributed by atoms with Gasteiger partial charge in [-0.3, -0.25) is 9.80 Å². The van der Waals surface area contributed by atoms with Gasteiger partial charge < -0.3 is 9.72 Å². The number of benzene rings is 1. The van der Waals surface area contributed by atoms with E-state index in [1.54, 1.807) is 16.8 Å². The van der Waals surface area contributed by atoms with Crippen LogP contribution in [0, 0.1) is 52.8 Å². The number of ether oxygens (including phenoxy) is 1. The van der Waals surface area contributed by atoms with E-state index in [4.69, 9.17) is 4.74 Å². The number of nitrogens with zero attached hydrogens (tertiary/aromatic N) is 2. The van der Waals surface area contributed by atoms with Gasteiger partial charge in [0, 0.05) is 64.4 Å². The summed E-state index contributed by atoms with van der Waals surface area (Å²) in [6, 6.07) is 11.6. The Hall–Kier alpha value is -1.62. The van der Waals surface area contributed by atoms with Crippen LogP contribution in [0.15, 0.2) is 35.9 Å². The summed E-state index contributed by atoms with van der Waals surface area (Å²) in [5.41, 5.74) is 6.96. The van der Waals surface area contributed by atoms with Gasteiger partial charge in [0.05, 0.1) is 6.61 Å². The fraction of sp³-hybridized carbons (Fsp3) is 0.744. The molecule has 14 unspecified atom stereocenters. The Morgan fingerprint density at radius 1 is 1.02 bits per heavy atom. The summed E-state index contributed by atoms with van der Waals surface area (Å²) in [7, 11) is 0. The second kappa shape index (κ2) is 8.80. The van der Waals surface area contributed by atoms with Crippen LogP contribution >= 0.6 is 0 Å². The summed E-state index contributed by atoms with van der Waals surface area (Å²) in [5, 5.41) is 1.50. The Labute approximate surface area is 258 Å². The molecule has 12 rings (SSSR count). The molecule has 1 N–H and O–H groups in total. The fourth-order valence-corrected chi connectivity index (χ4v) is 15.0. The Bertz CT molecular complexity index is 1510. The number of aromatic amines is 1. The SMILES string of the molecule is CC=C1CC2C3CC1C(C1OCC4C5CC6N(CCC67C6CCCCC6N1C47)CC5CC)C2Cc1c3[nH]c2ccccc12. The van der Waals surface area contributed by atoms with Crippen molar-refractivity contribution in [3.8, 4) is 0 Å². The summed E-state index contributed by atoms with van der Waals surface area (Å²) in [6.45, 7) is 8.64. The molecule has 6 bridgehead atoms. The number of fused-ring (bicyclic) bond motifs is 8. The van der Waals surface area contributed by atoms with E-state index < -0.39 is 0 Å². The molecule has 4 heteroatoms. The Morgan fingerprint density at radius 2 is 1.93 bits per heavy atom. The Kier molecular flexibility index (Phi) is 5.23. The molecular weight excluding hydrogens is 526 g/mol. The molecule has 0 radical (unpaired) electrons. The van der Waals surface area contributed by atoms with E-state index in [9.17, 15) is 0 Å². The van der Waals surface area contributed by atoms with Gasteiger partial charge in [-0.25, -0.2) is 0 Å². The highest BCUT2D eigenvalue weighted by molar-refractivity contribution is 5.85. The lowest BCUT2D eigenvalue weighted by Crippen LogP contribution is -2.69. The zero-order valence-electron chi connectivity index (χ0n) is 26.4. The van der Waals surface area contributed by atoms with Crippen molar-refractivity contribution in [1.82, 2.24) is 14.8 Å². The van der Waals surface area contributed by atoms with Crippen LogP contribution in [0.2, 0.25) is 0 Å². The van der Waals surface area contributed by atoms with Crippen molar-refractivity contribution in [2.45, 2.75) is 108 Å². The highest BCUT2D eigenvalue weighted by Gasteiger charge is 2.74. The van der Waals surface area contributed by atoms with E-state index >= 15 is 0 Å².